The first-order chi connectivity index (χ1) is 17.5. The summed E-state index contributed by atoms with van der Waals surface area (Å²) in [5, 5.41) is 4.43. The number of hydrogen-bond acceptors (Lipinski definition) is 1. The van der Waals surface area contributed by atoms with Crippen LogP contribution in [-0.2, 0) is 6.18 Å². The highest BCUT2D eigenvalue weighted by Gasteiger charge is 2.30. The minimum absolute atomic E-state index is 0.650. The molecule has 8 rings (SSSR count). The number of halogens is 3. The lowest BCUT2D eigenvalue weighted by atomic mass is 10.00. The highest BCUT2D eigenvalue weighted by Crippen LogP contribution is 2.41. The highest BCUT2D eigenvalue weighted by atomic mass is 19.4. The number of benzene rings is 5. The van der Waals surface area contributed by atoms with Crippen LogP contribution in [0.15, 0.2) is 97.1 Å². The van der Waals surface area contributed by atoms with Crippen molar-refractivity contribution >= 4 is 54.9 Å². The number of aromatic nitrogens is 3. The molecule has 0 atom stereocenters. The maximum Gasteiger partial charge on any atom is 0.416 e. The first-order valence-corrected chi connectivity index (χ1v) is 11.6. The lowest BCUT2D eigenvalue weighted by Crippen LogP contribution is -2.03. The van der Waals surface area contributed by atoms with E-state index in [1.807, 2.05) is 36.4 Å². The van der Waals surface area contributed by atoms with Gasteiger partial charge in [-0.2, -0.15) is 13.2 Å². The zero-order valence-corrected chi connectivity index (χ0v) is 18.7. The molecule has 0 aliphatic heterocycles. The molecule has 0 N–H and O–H groups in total. The monoisotopic (exact) mass is 475 g/mol. The van der Waals surface area contributed by atoms with Crippen molar-refractivity contribution in [2.45, 2.75) is 6.18 Å². The Morgan fingerprint density at radius 2 is 1.31 bits per heavy atom. The summed E-state index contributed by atoms with van der Waals surface area (Å²) in [5.74, 6) is 0.825. The fraction of sp³-hybridized carbons (Fsp3) is 0.0333. The molecule has 0 aliphatic rings. The van der Waals surface area contributed by atoms with Gasteiger partial charge in [0.2, 0.25) is 5.78 Å². The van der Waals surface area contributed by atoms with E-state index >= 15 is 0 Å². The van der Waals surface area contributed by atoms with Crippen LogP contribution in [-0.4, -0.2) is 13.8 Å². The van der Waals surface area contributed by atoms with Gasteiger partial charge in [-0.15, -0.1) is 0 Å². The molecule has 8 aromatic rings. The van der Waals surface area contributed by atoms with Crippen LogP contribution in [0.25, 0.3) is 66.0 Å². The van der Waals surface area contributed by atoms with Gasteiger partial charge in [-0.3, -0.25) is 8.80 Å². The molecule has 3 heterocycles. The Kier molecular flexibility index (Phi) is 3.58. The Balaban J connectivity index is 1.55. The topological polar surface area (TPSA) is 21.7 Å². The second kappa shape index (κ2) is 6.55. The van der Waals surface area contributed by atoms with E-state index in [1.54, 1.807) is 12.1 Å². The van der Waals surface area contributed by atoms with Crippen molar-refractivity contribution in [3.63, 3.8) is 0 Å². The van der Waals surface area contributed by atoms with Crippen molar-refractivity contribution in [3.8, 4) is 11.1 Å². The predicted octanol–water partition coefficient (Wildman–Crippen LogP) is 8.32. The zero-order chi connectivity index (χ0) is 24.2. The van der Waals surface area contributed by atoms with Gasteiger partial charge < -0.3 is 0 Å². The molecule has 0 fully saturated rings. The minimum atomic E-state index is -4.37. The maximum atomic E-state index is 13.2. The molecule has 0 saturated heterocycles. The summed E-state index contributed by atoms with van der Waals surface area (Å²) in [7, 11) is 0. The number of alkyl halides is 3. The van der Waals surface area contributed by atoms with Crippen LogP contribution in [0.3, 0.4) is 0 Å². The second-order valence-electron chi connectivity index (χ2n) is 9.25. The summed E-state index contributed by atoms with van der Waals surface area (Å²) in [4.78, 5) is 4.98. The fourth-order valence-electron chi connectivity index (χ4n) is 5.61. The lowest BCUT2D eigenvalue weighted by molar-refractivity contribution is -0.137. The van der Waals surface area contributed by atoms with Crippen molar-refractivity contribution in [3.05, 3.63) is 103 Å². The van der Waals surface area contributed by atoms with Crippen LogP contribution < -0.4 is 0 Å². The summed E-state index contributed by atoms with van der Waals surface area (Å²) in [6.07, 6.45) is -4.37. The fourth-order valence-corrected chi connectivity index (χ4v) is 5.61. The first kappa shape index (κ1) is 19.7. The van der Waals surface area contributed by atoms with Gasteiger partial charge in [0.05, 0.1) is 33.1 Å². The van der Waals surface area contributed by atoms with Crippen LogP contribution in [0.4, 0.5) is 13.2 Å². The molecule has 0 radical (unpaired) electrons. The van der Waals surface area contributed by atoms with Gasteiger partial charge in [-0.25, -0.2) is 4.98 Å². The standard InChI is InChI=1S/C30H16F3N3/c31-30(32,33)21-11-9-17(10-12-21)20-14-23-22-13-18-5-1-2-6-19(18)15-26(22)36-28(23)27(16-20)35-25-8-4-3-7-24(25)34-29(35)36/h1-16H. The average Bonchev–Trinajstić information content (AvgIpc) is 3.52. The van der Waals surface area contributed by atoms with Gasteiger partial charge in [-0.05, 0) is 70.4 Å². The highest BCUT2D eigenvalue weighted by molar-refractivity contribution is 6.19. The van der Waals surface area contributed by atoms with E-state index < -0.39 is 11.7 Å². The van der Waals surface area contributed by atoms with Crippen LogP contribution in [0.1, 0.15) is 5.56 Å². The van der Waals surface area contributed by atoms with E-state index in [1.165, 1.54) is 0 Å². The maximum absolute atomic E-state index is 13.2. The molecule has 0 spiro atoms. The normalized spacial score (nSPS) is 12.9. The van der Waals surface area contributed by atoms with E-state index in [0.717, 1.165) is 78.2 Å². The molecular weight excluding hydrogens is 459 g/mol. The van der Waals surface area contributed by atoms with E-state index in [4.69, 9.17) is 4.98 Å². The number of para-hydroxylation sites is 2. The van der Waals surface area contributed by atoms with E-state index in [0.29, 0.717) is 0 Å². The number of hydrogen-bond donors (Lipinski definition) is 0. The second-order valence-corrected chi connectivity index (χ2v) is 9.25. The molecule has 0 amide bonds. The molecule has 0 aliphatic carbocycles. The molecule has 3 aromatic heterocycles. The number of rotatable bonds is 1. The number of fused-ring (bicyclic) bond motifs is 9. The summed E-state index contributed by atoms with van der Waals surface area (Å²) in [5.41, 5.74) is 5.94. The van der Waals surface area contributed by atoms with Crippen LogP contribution in [0, 0.1) is 0 Å². The van der Waals surface area contributed by atoms with Gasteiger partial charge in [0.15, 0.2) is 0 Å². The third-order valence-electron chi connectivity index (χ3n) is 7.24. The first-order valence-electron chi connectivity index (χ1n) is 11.6. The predicted molar refractivity (Wildman–Crippen MR) is 138 cm³/mol. The van der Waals surface area contributed by atoms with E-state index in [-0.39, 0.29) is 0 Å². The lowest BCUT2D eigenvalue weighted by Gasteiger charge is -2.08. The van der Waals surface area contributed by atoms with Crippen LogP contribution in [0.5, 0.6) is 0 Å². The summed E-state index contributed by atoms with van der Waals surface area (Å²) < 4.78 is 43.9. The Morgan fingerprint density at radius 3 is 2.08 bits per heavy atom. The van der Waals surface area contributed by atoms with Crippen molar-refractivity contribution in [2.75, 3.05) is 0 Å². The quantitative estimate of drug-likeness (QED) is 0.234. The largest absolute Gasteiger partial charge is 0.416 e. The molecule has 0 saturated carbocycles. The van der Waals surface area contributed by atoms with Crippen molar-refractivity contribution in [1.29, 1.82) is 0 Å². The van der Waals surface area contributed by atoms with Crippen LogP contribution >= 0.6 is 0 Å². The van der Waals surface area contributed by atoms with Gasteiger partial charge >= 0.3 is 6.18 Å². The average molecular weight is 475 g/mol. The third kappa shape index (κ3) is 2.50. The molecule has 3 nitrogen and oxygen atoms in total. The number of imidazole rings is 2. The molecule has 36 heavy (non-hydrogen) atoms. The zero-order valence-electron chi connectivity index (χ0n) is 18.7. The van der Waals surface area contributed by atoms with Gasteiger partial charge in [-0.1, -0.05) is 48.5 Å². The van der Waals surface area contributed by atoms with Gasteiger partial charge in [0.25, 0.3) is 0 Å². The Labute approximate surface area is 202 Å². The molecule has 0 bridgehead atoms. The molecule has 6 heteroatoms. The van der Waals surface area contributed by atoms with Gasteiger partial charge in [0.1, 0.15) is 0 Å². The Hall–Kier alpha value is -4.58. The SMILES string of the molecule is FC(F)(F)c1ccc(-c2cc3c4cc5ccccc5cc4n4c3c(c2)n2c3ccccc3nc24)cc1. The summed E-state index contributed by atoms with van der Waals surface area (Å²) in [6, 6.07) is 30.2. The van der Waals surface area contributed by atoms with Crippen molar-refractivity contribution in [2.24, 2.45) is 0 Å². The van der Waals surface area contributed by atoms with E-state index in [9.17, 15) is 13.2 Å². The number of nitrogens with zero attached hydrogens (tertiary/aromatic N) is 3. The molecule has 5 aromatic carbocycles. The Morgan fingerprint density at radius 1 is 0.583 bits per heavy atom. The smallest absolute Gasteiger partial charge is 0.277 e. The van der Waals surface area contributed by atoms with Crippen molar-refractivity contribution in [1.82, 2.24) is 13.8 Å². The summed E-state index contributed by atoms with van der Waals surface area (Å²) in [6.45, 7) is 0. The molecule has 0 unspecified atom stereocenters. The van der Waals surface area contributed by atoms with Crippen molar-refractivity contribution < 1.29 is 13.2 Å². The minimum Gasteiger partial charge on any atom is -0.277 e. The Bertz CT molecular complexity index is 2130. The van der Waals surface area contributed by atoms with Crippen LogP contribution in [0.2, 0.25) is 0 Å². The molecular formula is C30H16F3N3. The summed E-state index contributed by atoms with van der Waals surface area (Å²) >= 11 is 0. The third-order valence-corrected chi connectivity index (χ3v) is 7.24. The van der Waals surface area contributed by atoms with E-state index in [2.05, 4.69) is 45.2 Å². The van der Waals surface area contributed by atoms with Gasteiger partial charge in [0, 0.05) is 10.8 Å². The molecule has 172 valence electrons.